The minimum absolute atomic E-state index is 0.125. The van der Waals surface area contributed by atoms with Crippen molar-refractivity contribution in [2.75, 3.05) is 12.4 Å². The average molecular weight is 332 g/mol. The highest BCUT2D eigenvalue weighted by Crippen LogP contribution is 2.27. The molecule has 0 atom stereocenters. The van der Waals surface area contributed by atoms with Gasteiger partial charge in [-0.2, -0.15) is 0 Å². The van der Waals surface area contributed by atoms with Crippen LogP contribution in [-0.4, -0.2) is 23.0 Å². The summed E-state index contributed by atoms with van der Waals surface area (Å²) in [6.07, 6.45) is 0.837. The molecule has 0 radical (unpaired) electrons. The number of benzene rings is 1. The molecule has 1 aromatic rings. The fourth-order valence-electron chi connectivity index (χ4n) is 1.42. The summed E-state index contributed by atoms with van der Waals surface area (Å²) in [4.78, 5) is 1.29. The summed E-state index contributed by atoms with van der Waals surface area (Å²) < 4.78 is 1.11. The van der Waals surface area contributed by atoms with E-state index in [-0.39, 0.29) is 12.1 Å². The van der Waals surface area contributed by atoms with Crippen molar-refractivity contribution in [3.63, 3.8) is 0 Å². The molecule has 1 rings (SSSR count). The Bertz CT molecular complexity index is 377. The Morgan fingerprint density at radius 1 is 1.33 bits per heavy atom. The van der Waals surface area contributed by atoms with Crippen LogP contribution in [0.4, 0.5) is 0 Å². The lowest BCUT2D eigenvalue weighted by Crippen LogP contribution is -2.35. The van der Waals surface area contributed by atoms with Crippen LogP contribution in [0.3, 0.4) is 0 Å². The molecular formula is C14H22BrNOS. The SMILES string of the molecule is CC(C)(C)NCc1ccc(Br)cc1SCCCO. The molecule has 18 heavy (non-hydrogen) atoms. The molecule has 0 spiro atoms. The van der Waals surface area contributed by atoms with E-state index in [1.807, 2.05) is 0 Å². The van der Waals surface area contributed by atoms with Crippen molar-refractivity contribution in [2.24, 2.45) is 0 Å². The monoisotopic (exact) mass is 331 g/mol. The first-order valence-corrected chi connectivity index (χ1v) is 7.97. The molecular weight excluding hydrogens is 310 g/mol. The van der Waals surface area contributed by atoms with E-state index in [9.17, 15) is 0 Å². The molecule has 0 unspecified atom stereocenters. The maximum absolute atomic E-state index is 8.84. The molecule has 0 saturated heterocycles. The minimum atomic E-state index is 0.125. The predicted octanol–water partition coefficient (Wildman–Crippen LogP) is 3.81. The highest BCUT2D eigenvalue weighted by atomic mass is 79.9. The molecule has 2 nitrogen and oxygen atoms in total. The van der Waals surface area contributed by atoms with Gasteiger partial charge in [0.25, 0.3) is 0 Å². The van der Waals surface area contributed by atoms with Gasteiger partial charge in [-0.25, -0.2) is 0 Å². The molecule has 1 aromatic carbocycles. The molecule has 0 aliphatic heterocycles. The fraction of sp³-hybridized carbons (Fsp3) is 0.571. The van der Waals surface area contributed by atoms with Crippen LogP contribution in [0.1, 0.15) is 32.8 Å². The smallest absolute Gasteiger partial charge is 0.0439 e. The average Bonchev–Trinajstić information content (AvgIpc) is 2.27. The maximum atomic E-state index is 8.84. The number of aliphatic hydroxyl groups excluding tert-OH is 1. The first kappa shape index (κ1) is 16.0. The molecule has 0 saturated carbocycles. The van der Waals surface area contributed by atoms with Crippen molar-refractivity contribution in [1.82, 2.24) is 5.32 Å². The van der Waals surface area contributed by atoms with Gasteiger partial charge in [0.2, 0.25) is 0 Å². The van der Waals surface area contributed by atoms with Crippen molar-refractivity contribution < 1.29 is 5.11 Å². The second kappa shape index (κ2) is 7.53. The Kier molecular flexibility index (Phi) is 6.71. The Morgan fingerprint density at radius 2 is 2.06 bits per heavy atom. The van der Waals surface area contributed by atoms with Crippen molar-refractivity contribution >= 4 is 27.7 Å². The first-order chi connectivity index (χ1) is 8.42. The Morgan fingerprint density at radius 3 is 2.67 bits per heavy atom. The van der Waals surface area contributed by atoms with Gasteiger partial charge in [-0.05, 0) is 44.9 Å². The molecule has 0 bridgehead atoms. The van der Waals surface area contributed by atoms with E-state index in [1.54, 1.807) is 11.8 Å². The highest BCUT2D eigenvalue weighted by Gasteiger charge is 2.10. The van der Waals surface area contributed by atoms with E-state index in [0.717, 1.165) is 23.2 Å². The number of nitrogens with one attached hydrogen (secondary N) is 1. The molecule has 0 aliphatic rings. The fourth-order valence-corrected chi connectivity index (χ4v) is 2.96. The van der Waals surface area contributed by atoms with Crippen LogP contribution in [0.5, 0.6) is 0 Å². The van der Waals surface area contributed by atoms with Gasteiger partial charge in [0.1, 0.15) is 0 Å². The molecule has 2 N–H and O–H groups in total. The summed E-state index contributed by atoms with van der Waals surface area (Å²) in [5.41, 5.74) is 1.44. The van der Waals surface area contributed by atoms with E-state index in [0.29, 0.717) is 0 Å². The van der Waals surface area contributed by atoms with Crippen LogP contribution >= 0.6 is 27.7 Å². The van der Waals surface area contributed by atoms with E-state index >= 15 is 0 Å². The second-order valence-electron chi connectivity index (χ2n) is 5.28. The summed E-state index contributed by atoms with van der Waals surface area (Å²) in [5, 5.41) is 12.4. The largest absolute Gasteiger partial charge is 0.396 e. The lowest BCUT2D eigenvalue weighted by molar-refractivity contribution is 0.296. The van der Waals surface area contributed by atoms with E-state index in [1.165, 1.54) is 10.5 Å². The van der Waals surface area contributed by atoms with Crippen molar-refractivity contribution in [2.45, 2.75) is 44.2 Å². The van der Waals surface area contributed by atoms with Gasteiger partial charge in [0.15, 0.2) is 0 Å². The quantitative estimate of drug-likeness (QED) is 0.614. The third-order valence-corrected chi connectivity index (χ3v) is 4.08. The summed E-state index contributed by atoms with van der Waals surface area (Å²) in [7, 11) is 0. The third-order valence-electron chi connectivity index (χ3n) is 2.40. The van der Waals surface area contributed by atoms with Gasteiger partial charge < -0.3 is 10.4 Å². The zero-order chi connectivity index (χ0) is 13.6. The van der Waals surface area contributed by atoms with Gasteiger partial charge in [-0.3, -0.25) is 0 Å². The van der Waals surface area contributed by atoms with Gasteiger partial charge in [-0.1, -0.05) is 22.0 Å². The topological polar surface area (TPSA) is 32.3 Å². The lowest BCUT2D eigenvalue weighted by atomic mass is 10.1. The number of thioether (sulfide) groups is 1. The second-order valence-corrected chi connectivity index (χ2v) is 7.33. The Labute approximate surface area is 123 Å². The van der Waals surface area contributed by atoms with Crippen LogP contribution in [0.15, 0.2) is 27.6 Å². The highest BCUT2D eigenvalue weighted by molar-refractivity contribution is 9.10. The molecule has 0 aromatic heterocycles. The van der Waals surface area contributed by atoms with Crippen LogP contribution in [-0.2, 0) is 6.54 Å². The van der Waals surface area contributed by atoms with Crippen LogP contribution in [0.2, 0.25) is 0 Å². The molecule has 102 valence electrons. The number of hydrogen-bond acceptors (Lipinski definition) is 3. The van der Waals surface area contributed by atoms with Gasteiger partial charge in [0.05, 0.1) is 0 Å². The zero-order valence-electron chi connectivity index (χ0n) is 11.3. The van der Waals surface area contributed by atoms with Crippen molar-refractivity contribution in [3.8, 4) is 0 Å². The number of aliphatic hydroxyl groups is 1. The van der Waals surface area contributed by atoms with E-state index in [4.69, 9.17) is 5.11 Å². The number of rotatable bonds is 6. The predicted molar refractivity (Wildman–Crippen MR) is 83.2 cm³/mol. The molecule has 0 heterocycles. The summed E-state index contributed by atoms with van der Waals surface area (Å²) in [6, 6.07) is 6.39. The number of hydrogen-bond donors (Lipinski definition) is 2. The van der Waals surface area contributed by atoms with Gasteiger partial charge >= 0.3 is 0 Å². The summed E-state index contributed by atoms with van der Waals surface area (Å²) in [6.45, 7) is 7.65. The summed E-state index contributed by atoms with van der Waals surface area (Å²) in [5.74, 6) is 0.954. The molecule has 0 fully saturated rings. The normalized spacial score (nSPS) is 11.8. The van der Waals surface area contributed by atoms with Gasteiger partial charge in [0, 0.05) is 33.8 Å². The molecule has 0 amide bonds. The molecule has 4 heteroatoms. The van der Waals surface area contributed by atoms with E-state index in [2.05, 4.69) is 60.2 Å². The van der Waals surface area contributed by atoms with Gasteiger partial charge in [-0.15, -0.1) is 11.8 Å². The summed E-state index contributed by atoms with van der Waals surface area (Å²) >= 11 is 5.32. The van der Waals surface area contributed by atoms with Crippen LogP contribution in [0, 0.1) is 0 Å². The number of halogens is 1. The lowest BCUT2D eigenvalue weighted by Gasteiger charge is -2.21. The third kappa shape index (κ3) is 6.23. The van der Waals surface area contributed by atoms with Crippen LogP contribution < -0.4 is 5.32 Å². The van der Waals surface area contributed by atoms with Crippen molar-refractivity contribution in [3.05, 3.63) is 28.2 Å². The first-order valence-electron chi connectivity index (χ1n) is 6.19. The maximum Gasteiger partial charge on any atom is 0.0439 e. The minimum Gasteiger partial charge on any atom is -0.396 e. The Balaban J connectivity index is 2.70. The van der Waals surface area contributed by atoms with Crippen LogP contribution in [0.25, 0.3) is 0 Å². The Hall–Kier alpha value is -0.0300. The molecule has 0 aliphatic carbocycles. The standard InChI is InChI=1S/C14H22BrNOS/c1-14(2,3)16-10-11-5-6-12(15)9-13(11)18-8-4-7-17/h5-6,9,16-17H,4,7-8,10H2,1-3H3. The van der Waals surface area contributed by atoms with Crippen molar-refractivity contribution in [1.29, 1.82) is 0 Å². The zero-order valence-corrected chi connectivity index (χ0v) is 13.7. The van der Waals surface area contributed by atoms with E-state index < -0.39 is 0 Å².